The van der Waals surface area contributed by atoms with Crippen LogP contribution < -0.4 is 4.74 Å². The number of aliphatic hydroxyl groups is 2. The quantitative estimate of drug-likeness (QED) is 0.755. The molecule has 0 radical (unpaired) electrons. The van der Waals surface area contributed by atoms with Crippen molar-refractivity contribution in [3.63, 3.8) is 0 Å². The summed E-state index contributed by atoms with van der Waals surface area (Å²) in [6, 6.07) is 15.8. The van der Waals surface area contributed by atoms with E-state index in [1.807, 2.05) is 48.5 Å². The Kier molecular flexibility index (Phi) is 6.23. The Morgan fingerprint density at radius 2 is 1.43 bits per heavy atom. The number of benzene rings is 2. The first-order valence-corrected chi connectivity index (χ1v) is 7.98. The van der Waals surface area contributed by atoms with Crippen LogP contribution >= 0.6 is 15.9 Å². The molecule has 2 aromatic carbocycles. The standard InChI is InChI=1S/C17H19BrO3/c18-10-16(20)12-21-17-7-5-14(6-8-17)9-13-1-3-15(11-19)4-2-13/h1-8,16,19-20H,9-12H2. The second-order valence-corrected chi connectivity index (χ2v) is 5.56. The summed E-state index contributed by atoms with van der Waals surface area (Å²) in [5, 5.41) is 19.0. The van der Waals surface area contributed by atoms with E-state index in [-0.39, 0.29) is 13.2 Å². The van der Waals surface area contributed by atoms with Crippen molar-refractivity contribution >= 4 is 15.9 Å². The molecule has 0 heterocycles. The molecule has 1 unspecified atom stereocenters. The van der Waals surface area contributed by atoms with Crippen molar-refractivity contribution in [2.75, 3.05) is 11.9 Å². The highest BCUT2D eigenvalue weighted by Crippen LogP contribution is 2.16. The molecule has 0 aliphatic rings. The van der Waals surface area contributed by atoms with Gasteiger partial charge in [-0.15, -0.1) is 0 Å². The Morgan fingerprint density at radius 1 is 0.905 bits per heavy atom. The average molecular weight is 351 g/mol. The maximum atomic E-state index is 9.42. The minimum Gasteiger partial charge on any atom is -0.491 e. The molecule has 2 N–H and O–H groups in total. The van der Waals surface area contributed by atoms with Crippen LogP contribution in [0, 0.1) is 0 Å². The molecule has 0 fully saturated rings. The van der Waals surface area contributed by atoms with Gasteiger partial charge < -0.3 is 14.9 Å². The normalized spacial score (nSPS) is 12.1. The lowest BCUT2D eigenvalue weighted by Gasteiger charge is -2.10. The first-order valence-electron chi connectivity index (χ1n) is 6.85. The number of hydrogen-bond donors (Lipinski definition) is 2. The largest absolute Gasteiger partial charge is 0.491 e. The zero-order chi connectivity index (χ0) is 15.1. The van der Waals surface area contributed by atoms with Gasteiger partial charge in [-0.05, 0) is 35.2 Å². The van der Waals surface area contributed by atoms with Gasteiger partial charge in [0.15, 0.2) is 0 Å². The minimum atomic E-state index is -0.491. The van der Waals surface area contributed by atoms with Crippen molar-refractivity contribution in [3.05, 3.63) is 65.2 Å². The molecule has 21 heavy (non-hydrogen) atoms. The highest BCUT2D eigenvalue weighted by Gasteiger charge is 2.03. The molecule has 1 atom stereocenters. The van der Waals surface area contributed by atoms with E-state index in [0.29, 0.717) is 5.33 Å². The van der Waals surface area contributed by atoms with Gasteiger partial charge in [-0.25, -0.2) is 0 Å². The van der Waals surface area contributed by atoms with Crippen molar-refractivity contribution in [2.45, 2.75) is 19.1 Å². The fourth-order valence-electron chi connectivity index (χ4n) is 1.94. The van der Waals surface area contributed by atoms with Gasteiger partial charge in [0, 0.05) is 5.33 Å². The first-order chi connectivity index (χ1) is 10.2. The fraction of sp³-hybridized carbons (Fsp3) is 0.294. The maximum absolute atomic E-state index is 9.42. The third-order valence-corrected chi connectivity index (χ3v) is 3.91. The smallest absolute Gasteiger partial charge is 0.119 e. The molecule has 4 heteroatoms. The van der Waals surface area contributed by atoms with Gasteiger partial charge in [-0.3, -0.25) is 0 Å². The highest BCUT2D eigenvalue weighted by molar-refractivity contribution is 9.09. The van der Waals surface area contributed by atoms with E-state index in [4.69, 9.17) is 9.84 Å². The predicted molar refractivity (Wildman–Crippen MR) is 86.9 cm³/mol. The van der Waals surface area contributed by atoms with Crippen LogP contribution in [0.4, 0.5) is 0 Å². The van der Waals surface area contributed by atoms with E-state index in [1.54, 1.807) is 0 Å². The molecular formula is C17H19BrO3. The summed E-state index contributed by atoms with van der Waals surface area (Å²) in [7, 11) is 0. The van der Waals surface area contributed by atoms with Crippen LogP contribution in [0.1, 0.15) is 16.7 Å². The van der Waals surface area contributed by atoms with Crippen LogP contribution in [0.15, 0.2) is 48.5 Å². The third-order valence-electron chi connectivity index (χ3n) is 3.16. The molecule has 0 amide bonds. The monoisotopic (exact) mass is 350 g/mol. The Balaban J connectivity index is 1.92. The number of halogens is 1. The lowest BCUT2D eigenvalue weighted by atomic mass is 10.0. The number of aliphatic hydroxyl groups excluding tert-OH is 2. The number of hydrogen-bond acceptors (Lipinski definition) is 3. The Labute approximate surface area is 133 Å². The van der Waals surface area contributed by atoms with E-state index in [9.17, 15) is 5.11 Å². The molecule has 0 spiro atoms. The second kappa shape index (κ2) is 8.17. The van der Waals surface area contributed by atoms with E-state index in [1.165, 1.54) is 11.1 Å². The van der Waals surface area contributed by atoms with Crippen LogP contribution in [0.3, 0.4) is 0 Å². The second-order valence-electron chi connectivity index (χ2n) is 4.91. The summed E-state index contributed by atoms with van der Waals surface area (Å²) >= 11 is 3.20. The van der Waals surface area contributed by atoms with E-state index in [0.717, 1.165) is 17.7 Å². The zero-order valence-corrected chi connectivity index (χ0v) is 13.3. The molecule has 0 aromatic heterocycles. The third kappa shape index (κ3) is 5.16. The van der Waals surface area contributed by atoms with Crippen LogP contribution in [0.25, 0.3) is 0 Å². The van der Waals surface area contributed by atoms with Gasteiger partial charge in [0.05, 0.1) is 12.7 Å². The summed E-state index contributed by atoms with van der Waals surface area (Å²) in [5.74, 6) is 0.759. The summed E-state index contributed by atoms with van der Waals surface area (Å²) in [6.45, 7) is 0.361. The van der Waals surface area contributed by atoms with Crippen molar-refractivity contribution in [3.8, 4) is 5.75 Å². The SMILES string of the molecule is OCc1ccc(Cc2ccc(OCC(O)CBr)cc2)cc1. The average Bonchev–Trinajstić information content (AvgIpc) is 2.54. The van der Waals surface area contributed by atoms with Crippen molar-refractivity contribution in [1.82, 2.24) is 0 Å². The summed E-state index contributed by atoms with van der Waals surface area (Å²) in [5.41, 5.74) is 3.32. The molecule has 2 rings (SSSR count). The molecule has 3 nitrogen and oxygen atoms in total. The first kappa shape index (κ1) is 16.0. The van der Waals surface area contributed by atoms with E-state index >= 15 is 0 Å². The van der Waals surface area contributed by atoms with E-state index < -0.39 is 6.10 Å². The van der Waals surface area contributed by atoms with E-state index in [2.05, 4.69) is 15.9 Å². The lowest BCUT2D eigenvalue weighted by molar-refractivity contribution is 0.127. The molecule has 0 bridgehead atoms. The zero-order valence-electron chi connectivity index (χ0n) is 11.7. The van der Waals surface area contributed by atoms with Crippen molar-refractivity contribution in [1.29, 1.82) is 0 Å². The van der Waals surface area contributed by atoms with Gasteiger partial charge in [-0.2, -0.15) is 0 Å². The molecule has 0 aliphatic carbocycles. The Hall–Kier alpha value is -1.36. The number of ether oxygens (including phenoxy) is 1. The van der Waals surface area contributed by atoms with Crippen LogP contribution in [-0.4, -0.2) is 28.3 Å². The Morgan fingerprint density at radius 3 is 1.95 bits per heavy atom. The summed E-state index contributed by atoms with van der Waals surface area (Å²) in [6.07, 6.45) is 0.352. The van der Waals surface area contributed by atoms with Crippen LogP contribution in [0.2, 0.25) is 0 Å². The minimum absolute atomic E-state index is 0.0760. The maximum Gasteiger partial charge on any atom is 0.119 e. The molecule has 0 saturated carbocycles. The van der Waals surface area contributed by atoms with Gasteiger partial charge in [0.25, 0.3) is 0 Å². The lowest BCUT2D eigenvalue weighted by Crippen LogP contribution is -2.18. The van der Waals surface area contributed by atoms with Crippen LogP contribution in [-0.2, 0) is 13.0 Å². The topological polar surface area (TPSA) is 49.7 Å². The van der Waals surface area contributed by atoms with Gasteiger partial charge in [-0.1, -0.05) is 52.3 Å². The highest BCUT2D eigenvalue weighted by atomic mass is 79.9. The molecule has 2 aromatic rings. The van der Waals surface area contributed by atoms with Crippen molar-refractivity contribution < 1.29 is 14.9 Å². The van der Waals surface area contributed by atoms with Crippen molar-refractivity contribution in [2.24, 2.45) is 0 Å². The number of rotatable bonds is 7. The molecule has 0 saturated heterocycles. The molecule has 0 aliphatic heterocycles. The summed E-state index contributed by atoms with van der Waals surface area (Å²) < 4.78 is 5.49. The Bertz CT molecular complexity index is 537. The van der Waals surface area contributed by atoms with Gasteiger partial charge in [0.2, 0.25) is 0 Å². The fourth-order valence-corrected chi connectivity index (χ4v) is 2.13. The molecular weight excluding hydrogens is 332 g/mol. The van der Waals surface area contributed by atoms with Gasteiger partial charge in [0.1, 0.15) is 12.4 Å². The summed E-state index contributed by atoms with van der Waals surface area (Å²) in [4.78, 5) is 0. The predicted octanol–water partition coefficient (Wildman–Crippen LogP) is 2.90. The van der Waals surface area contributed by atoms with Gasteiger partial charge >= 0.3 is 0 Å². The molecule has 112 valence electrons. The number of alkyl halides is 1. The van der Waals surface area contributed by atoms with Crippen LogP contribution in [0.5, 0.6) is 5.75 Å².